The smallest absolute Gasteiger partial charge is 0.286 e. The second kappa shape index (κ2) is 10.3. The van der Waals surface area contributed by atoms with Gasteiger partial charge in [0.05, 0.1) is 22.8 Å². The summed E-state index contributed by atoms with van der Waals surface area (Å²) >= 11 is 1.60. The molecule has 0 amide bonds. The van der Waals surface area contributed by atoms with E-state index in [-0.39, 0.29) is 6.42 Å². The average molecular weight is 532 g/mol. The number of nitrogens with zero attached hydrogens (tertiary/aromatic N) is 3. The van der Waals surface area contributed by atoms with Crippen molar-refractivity contribution < 1.29 is 13.0 Å². The molecule has 3 heterocycles. The van der Waals surface area contributed by atoms with Gasteiger partial charge in [0.25, 0.3) is 10.1 Å². The van der Waals surface area contributed by atoms with Crippen molar-refractivity contribution in [3.63, 3.8) is 0 Å². The second-order valence-corrected chi connectivity index (χ2v) is 11.5. The zero-order valence-electron chi connectivity index (χ0n) is 21.0. The quantitative estimate of drug-likeness (QED) is 0.253. The second-order valence-electron chi connectivity index (χ2n) is 8.92. The van der Waals surface area contributed by atoms with Crippen LogP contribution in [-0.2, 0) is 23.0 Å². The Morgan fingerprint density at radius 2 is 1.51 bits per heavy atom. The summed E-state index contributed by atoms with van der Waals surface area (Å²) in [5, 5.41) is -1.14. The SMILES string of the molecule is CCc1cccnc1-c1cc(-c2ncccc2CC)c2c(c1)N(C(CC)S(=O)(=O)O)c1ccccc1S2. The van der Waals surface area contributed by atoms with Gasteiger partial charge in [-0.1, -0.05) is 56.8 Å². The van der Waals surface area contributed by atoms with E-state index in [1.807, 2.05) is 42.5 Å². The summed E-state index contributed by atoms with van der Waals surface area (Å²) in [5.41, 5.74) is 7.20. The number of fused-ring (bicyclic) bond motifs is 2. The van der Waals surface area contributed by atoms with E-state index in [4.69, 9.17) is 9.97 Å². The van der Waals surface area contributed by atoms with E-state index in [2.05, 4.69) is 32.0 Å². The van der Waals surface area contributed by atoms with Crippen molar-refractivity contribution >= 4 is 33.3 Å². The highest BCUT2D eigenvalue weighted by Crippen LogP contribution is 2.54. The highest BCUT2D eigenvalue weighted by Gasteiger charge is 2.37. The molecule has 2 aromatic heterocycles. The number of benzene rings is 2. The molecular weight excluding hydrogens is 502 g/mol. The van der Waals surface area contributed by atoms with Crippen molar-refractivity contribution in [2.24, 2.45) is 0 Å². The zero-order valence-corrected chi connectivity index (χ0v) is 22.7. The normalized spacial score (nSPS) is 13.7. The number of rotatable bonds is 7. The highest BCUT2D eigenvalue weighted by atomic mass is 32.2. The first-order chi connectivity index (χ1) is 17.9. The summed E-state index contributed by atoms with van der Waals surface area (Å²) in [4.78, 5) is 13.1. The minimum absolute atomic E-state index is 0.213. The summed E-state index contributed by atoms with van der Waals surface area (Å²) < 4.78 is 35.7. The third-order valence-corrected chi connectivity index (χ3v) is 9.15. The molecule has 5 rings (SSSR count). The van der Waals surface area contributed by atoms with Gasteiger partial charge in [0.15, 0.2) is 5.37 Å². The van der Waals surface area contributed by atoms with Gasteiger partial charge in [-0.2, -0.15) is 8.42 Å². The van der Waals surface area contributed by atoms with Gasteiger partial charge in [-0.05, 0) is 66.8 Å². The molecule has 0 bridgehead atoms. The van der Waals surface area contributed by atoms with E-state index in [1.165, 1.54) is 0 Å². The van der Waals surface area contributed by atoms with Crippen LogP contribution in [0.4, 0.5) is 11.4 Å². The van der Waals surface area contributed by atoms with E-state index in [0.29, 0.717) is 0 Å². The summed E-state index contributed by atoms with van der Waals surface area (Å²) in [5.74, 6) is 0. The molecule has 1 aliphatic heterocycles. The minimum Gasteiger partial charge on any atom is -0.320 e. The summed E-state index contributed by atoms with van der Waals surface area (Å²) in [7, 11) is -4.40. The lowest BCUT2D eigenvalue weighted by molar-refractivity contribution is 0.464. The van der Waals surface area contributed by atoms with Crippen molar-refractivity contribution in [2.75, 3.05) is 4.90 Å². The molecule has 1 atom stereocenters. The van der Waals surface area contributed by atoms with Crippen LogP contribution in [0.3, 0.4) is 0 Å². The van der Waals surface area contributed by atoms with Crippen LogP contribution in [-0.4, -0.2) is 28.3 Å². The maximum absolute atomic E-state index is 12.7. The fraction of sp³-hybridized carbons (Fsp3) is 0.241. The Labute approximate surface area is 222 Å². The molecule has 4 aromatic rings. The van der Waals surface area contributed by atoms with Crippen LogP contribution < -0.4 is 4.90 Å². The van der Waals surface area contributed by atoms with Crippen LogP contribution in [0, 0.1) is 0 Å². The molecule has 0 aliphatic carbocycles. The minimum atomic E-state index is -4.40. The average Bonchev–Trinajstić information content (AvgIpc) is 2.91. The van der Waals surface area contributed by atoms with Crippen LogP contribution in [0.2, 0.25) is 0 Å². The van der Waals surface area contributed by atoms with Crippen molar-refractivity contribution in [2.45, 2.75) is 55.2 Å². The molecule has 8 heteroatoms. The maximum atomic E-state index is 12.7. The number of aryl methyl sites for hydroxylation is 2. The van der Waals surface area contributed by atoms with Crippen molar-refractivity contribution in [1.29, 1.82) is 0 Å². The van der Waals surface area contributed by atoms with Gasteiger partial charge in [0.1, 0.15) is 0 Å². The van der Waals surface area contributed by atoms with Crippen molar-refractivity contribution in [3.05, 3.63) is 84.2 Å². The fourth-order valence-corrected chi connectivity index (χ4v) is 7.06. The lowest BCUT2D eigenvalue weighted by Gasteiger charge is -2.38. The molecule has 37 heavy (non-hydrogen) atoms. The third kappa shape index (κ3) is 4.65. The first-order valence-electron chi connectivity index (χ1n) is 12.5. The molecule has 0 saturated carbocycles. The van der Waals surface area contributed by atoms with E-state index in [1.54, 1.807) is 36.0 Å². The van der Waals surface area contributed by atoms with Crippen LogP contribution in [0.1, 0.15) is 38.3 Å². The predicted octanol–water partition coefficient (Wildman–Crippen LogP) is 7.16. The molecule has 0 spiro atoms. The molecule has 1 N–H and O–H groups in total. The number of para-hydroxylation sites is 1. The lowest BCUT2D eigenvalue weighted by atomic mass is 9.96. The van der Waals surface area contributed by atoms with Gasteiger partial charge in [0.2, 0.25) is 0 Å². The van der Waals surface area contributed by atoms with Crippen molar-refractivity contribution in [1.82, 2.24) is 9.97 Å². The van der Waals surface area contributed by atoms with Gasteiger partial charge in [-0.25, -0.2) is 0 Å². The van der Waals surface area contributed by atoms with E-state index in [9.17, 15) is 13.0 Å². The highest BCUT2D eigenvalue weighted by molar-refractivity contribution is 8.00. The molecule has 2 aromatic carbocycles. The molecular formula is C29H29N3O3S2. The fourth-order valence-electron chi connectivity index (χ4n) is 4.98. The predicted molar refractivity (Wildman–Crippen MR) is 150 cm³/mol. The molecule has 6 nitrogen and oxygen atoms in total. The Morgan fingerprint density at radius 3 is 2.16 bits per heavy atom. The number of hydrogen-bond donors (Lipinski definition) is 1. The van der Waals surface area contributed by atoms with Crippen LogP contribution in [0.25, 0.3) is 22.5 Å². The van der Waals surface area contributed by atoms with Crippen LogP contribution in [0.5, 0.6) is 0 Å². The van der Waals surface area contributed by atoms with E-state index in [0.717, 1.165) is 67.6 Å². The van der Waals surface area contributed by atoms with Gasteiger partial charge in [-0.15, -0.1) is 0 Å². The summed E-state index contributed by atoms with van der Waals surface area (Å²) in [6.07, 6.45) is 5.39. The third-order valence-electron chi connectivity index (χ3n) is 6.72. The molecule has 1 aliphatic rings. The number of anilines is 2. The number of hydrogen-bond acceptors (Lipinski definition) is 6. The number of aromatic nitrogens is 2. The first kappa shape index (κ1) is 25.4. The van der Waals surface area contributed by atoms with Gasteiger partial charge >= 0.3 is 0 Å². The monoisotopic (exact) mass is 531 g/mol. The lowest BCUT2D eigenvalue weighted by Crippen LogP contribution is -2.38. The Bertz CT molecular complexity index is 1570. The number of pyridine rings is 2. The molecule has 190 valence electrons. The molecule has 0 fully saturated rings. The Morgan fingerprint density at radius 1 is 0.865 bits per heavy atom. The zero-order chi connectivity index (χ0) is 26.2. The topological polar surface area (TPSA) is 83.4 Å². The Balaban J connectivity index is 1.88. The summed E-state index contributed by atoms with van der Waals surface area (Å²) in [6, 6.07) is 19.9. The molecule has 1 unspecified atom stereocenters. The maximum Gasteiger partial charge on any atom is 0.286 e. The van der Waals surface area contributed by atoms with Crippen molar-refractivity contribution in [3.8, 4) is 22.5 Å². The van der Waals surface area contributed by atoms with Gasteiger partial charge < -0.3 is 4.90 Å². The Kier molecular flexibility index (Phi) is 7.07. The summed E-state index contributed by atoms with van der Waals surface area (Å²) in [6.45, 7) is 5.97. The first-order valence-corrected chi connectivity index (χ1v) is 14.8. The molecule has 0 radical (unpaired) electrons. The Hall–Kier alpha value is -3.20. The van der Waals surface area contributed by atoms with Crippen LogP contribution >= 0.6 is 11.8 Å². The standard InChI is InChI=1S/C29H29N3O3S2/c1-4-19-11-9-15-30-27(19)21-17-22(28-20(5-2)12-10-16-31-28)29-24(18-21)32(26(6-3)37(33,34)35)23-13-7-8-14-25(23)36-29/h7-18,26H,4-6H2,1-3H3,(H,33,34,35). The largest absolute Gasteiger partial charge is 0.320 e. The van der Waals surface area contributed by atoms with E-state index >= 15 is 0 Å². The van der Waals surface area contributed by atoms with Gasteiger partial charge in [0, 0.05) is 33.3 Å². The van der Waals surface area contributed by atoms with Gasteiger partial charge in [-0.3, -0.25) is 14.5 Å². The molecule has 0 saturated heterocycles. The van der Waals surface area contributed by atoms with Crippen LogP contribution in [0.15, 0.2) is 82.8 Å². The van der Waals surface area contributed by atoms with E-state index < -0.39 is 15.5 Å².